The summed E-state index contributed by atoms with van der Waals surface area (Å²) in [6.07, 6.45) is -0.0637. The second kappa shape index (κ2) is 8.56. The van der Waals surface area contributed by atoms with Crippen LogP contribution < -0.4 is 10.1 Å². The van der Waals surface area contributed by atoms with Crippen molar-refractivity contribution in [3.63, 3.8) is 0 Å². The van der Waals surface area contributed by atoms with Crippen molar-refractivity contribution in [2.24, 2.45) is 11.8 Å². The molecule has 128 valence electrons. The molecule has 23 heavy (non-hydrogen) atoms. The van der Waals surface area contributed by atoms with Gasteiger partial charge >= 0.3 is 5.97 Å². The summed E-state index contributed by atoms with van der Waals surface area (Å²) < 4.78 is 5.78. The van der Waals surface area contributed by atoms with Crippen LogP contribution in [0.15, 0.2) is 24.3 Å². The minimum absolute atomic E-state index is 0.0809. The second-order valence-corrected chi connectivity index (χ2v) is 6.31. The lowest BCUT2D eigenvalue weighted by Crippen LogP contribution is -2.51. The Morgan fingerprint density at radius 1 is 1.17 bits per heavy atom. The van der Waals surface area contributed by atoms with Gasteiger partial charge in [0.25, 0.3) is 5.91 Å². The van der Waals surface area contributed by atoms with Gasteiger partial charge in [0, 0.05) is 0 Å². The molecule has 3 unspecified atom stereocenters. The average Bonchev–Trinajstić information content (AvgIpc) is 2.50. The number of ether oxygens (including phenoxy) is 1. The Morgan fingerprint density at radius 2 is 1.74 bits per heavy atom. The summed E-state index contributed by atoms with van der Waals surface area (Å²) in [5.74, 6) is -1.05. The molecule has 0 bridgehead atoms. The van der Waals surface area contributed by atoms with Gasteiger partial charge in [-0.05, 0) is 30.9 Å². The van der Waals surface area contributed by atoms with Crippen molar-refractivity contribution in [3.8, 4) is 5.75 Å². The number of amides is 1. The molecule has 3 atom stereocenters. The van der Waals surface area contributed by atoms with E-state index in [9.17, 15) is 14.7 Å². The van der Waals surface area contributed by atoms with E-state index in [1.807, 2.05) is 46.8 Å². The van der Waals surface area contributed by atoms with Crippen molar-refractivity contribution in [2.75, 3.05) is 0 Å². The molecule has 1 aromatic carbocycles. The number of carboxylic acid groups (broad SMARTS) is 1. The molecule has 1 rings (SSSR count). The first-order valence-electron chi connectivity index (χ1n) is 8.02. The van der Waals surface area contributed by atoms with Crippen LogP contribution in [0.25, 0.3) is 0 Å². The van der Waals surface area contributed by atoms with Crippen LogP contribution in [0.2, 0.25) is 0 Å². The first-order chi connectivity index (χ1) is 10.8. The number of rotatable bonds is 8. The monoisotopic (exact) mass is 321 g/mol. The maximum atomic E-state index is 12.5. The number of carboxylic acids is 1. The predicted molar refractivity (Wildman–Crippen MR) is 89.5 cm³/mol. The van der Waals surface area contributed by atoms with Crippen molar-refractivity contribution >= 4 is 11.9 Å². The number of benzene rings is 1. The van der Waals surface area contributed by atoms with Gasteiger partial charge in [-0.2, -0.15) is 0 Å². The van der Waals surface area contributed by atoms with E-state index >= 15 is 0 Å². The van der Waals surface area contributed by atoms with E-state index in [0.717, 1.165) is 5.56 Å². The van der Waals surface area contributed by atoms with Crippen molar-refractivity contribution < 1.29 is 19.4 Å². The number of carbonyl (C=O) groups is 2. The lowest BCUT2D eigenvalue weighted by molar-refractivity contribution is -0.145. The highest BCUT2D eigenvalue weighted by molar-refractivity contribution is 5.86. The molecular weight excluding hydrogens is 294 g/mol. The molecule has 0 aromatic heterocycles. The molecule has 0 aliphatic carbocycles. The van der Waals surface area contributed by atoms with E-state index in [1.54, 1.807) is 12.1 Å². The van der Waals surface area contributed by atoms with Crippen molar-refractivity contribution in [3.05, 3.63) is 29.8 Å². The molecule has 0 heterocycles. The van der Waals surface area contributed by atoms with Gasteiger partial charge < -0.3 is 15.2 Å². The zero-order valence-electron chi connectivity index (χ0n) is 14.5. The Balaban J connectivity index is 2.85. The second-order valence-electron chi connectivity index (χ2n) is 6.31. The number of aliphatic carboxylic acids is 1. The Kier molecular flexibility index (Phi) is 7.07. The highest BCUT2D eigenvalue weighted by atomic mass is 16.5. The standard InChI is InChI=1S/C18H27NO4/c1-6-13(5)15(18(21)22)19-17(20)16(11(2)3)23-14-9-7-12(4)8-10-14/h7-11,13,15-16H,6H2,1-5H3,(H,19,20)(H,21,22). The minimum atomic E-state index is -1.02. The molecule has 0 radical (unpaired) electrons. The molecule has 2 N–H and O–H groups in total. The molecule has 1 aromatic rings. The maximum Gasteiger partial charge on any atom is 0.326 e. The number of nitrogens with one attached hydrogen (secondary N) is 1. The third-order valence-corrected chi connectivity index (χ3v) is 3.92. The van der Waals surface area contributed by atoms with E-state index in [-0.39, 0.29) is 11.8 Å². The topological polar surface area (TPSA) is 75.6 Å². The molecule has 0 spiro atoms. The number of hydrogen-bond acceptors (Lipinski definition) is 3. The molecule has 0 aliphatic heterocycles. The Bertz CT molecular complexity index is 524. The average molecular weight is 321 g/mol. The van der Waals surface area contributed by atoms with E-state index in [4.69, 9.17) is 4.74 Å². The number of hydrogen-bond donors (Lipinski definition) is 2. The Morgan fingerprint density at radius 3 is 2.17 bits per heavy atom. The summed E-state index contributed by atoms with van der Waals surface area (Å²) in [5.41, 5.74) is 1.10. The van der Waals surface area contributed by atoms with E-state index in [2.05, 4.69) is 5.32 Å². The quantitative estimate of drug-likeness (QED) is 0.772. The van der Waals surface area contributed by atoms with Crippen LogP contribution in [0, 0.1) is 18.8 Å². The molecule has 0 saturated heterocycles. The molecular formula is C18H27NO4. The Labute approximate surface area is 138 Å². The van der Waals surface area contributed by atoms with Crippen LogP contribution in [0.5, 0.6) is 5.75 Å². The zero-order valence-corrected chi connectivity index (χ0v) is 14.5. The first kappa shape index (κ1) is 19.0. The first-order valence-corrected chi connectivity index (χ1v) is 8.02. The molecule has 5 nitrogen and oxygen atoms in total. The lowest BCUT2D eigenvalue weighted by Gasteiger charge is -2.26. The summed E-state index contributed by atoms with van der Waals surface area (Å²) in [5, 5.41) is 11.9. The minimum Gasteiger partial charge on any atom is -0.480 e. The summed E-state index contributed by atoms with van der Waals surface area (Å²) in [7, 11) is 0. The molecule has 0 fully saturated rings. The summed E-state index contributed by atoms with van der Waals surface area (Å²) >= 11 is 0. The van der Waals surface area contributed by atoms with E-state index in [1.165, 1.54) is 0 Å². The number of aryl methyl sites for hydroxylation is 1. The van der Waals surface area contributed by atoms with Crippen LogP contribution in [-0.2, 0) is 9.59 Å². The Hall–Kier alpha value is -2.04. The van der Waals surface area contributed by atoms with Gasteiger partial charge in [-0.1, -0.05) is 51.8 Å². The summed E-state index contributed by atoms with van der Waals surface area (Å²) in [6.45, 7) is 9.43. The van der Waals surface area contributed by atoms with Crippen molar-refractivity contribution in [2.45, 2.75) is 53.2 Å². The normalized spacial score (nSPS) is 14.9. The summed E-state index contributed by atoms with van der Waals surface area (Å²) in [4.78, 5) is 23.9. The van der Waals surface area contributed by atoms with Crippen LogP contribution in [-0.4, -0.2) is 29.1 Å². The van der Waals surface area contributed by atoms with Gasteiger partial charge in [0.2, 0.25) is 0 Å². The predicted octanol–water partition coefficient (Wildman–Crippen LogP) is 3.01. The molecule has 0 aliphatic rings. The third kappa shape index (κ3) is 5.58. The highest BCUT2D eigenvalue weighted by Gasteiger charge is 2.31. The SMILES string of the molecule is CCC(C)C(NC(=O)C(Oc1ccc(C)cc1)C(C)C)C(=O)O. The van der Waals surface area contributed by atoms with Gasteiger partial charge in [0.05, 0.1) is 0 Å². The molecule has 5 heteroatoms. The van der Waals surface area contributed by atoms with Gasteiger partial charge in [0.1, 0.15) is 11.8 Å². The van der Waals surface area contributed by atoms with Crippen molar-refractivity contribution in [1.82, 2.24) is 5.32 Å². The molecule has 0 saturated carbocycles. The van der Waals surface area contributed by atoms with Gasteiger partial charge in [-0.3, -0.25) is 4.79 Å². The maximum absolute atomic E-state index is 12.5. The third-order valence-electron chi connectivity index (χ3n) is 3.92. The highest BCUT2D eigenvalue weighted by Crippen LogP contribution is 2.18. The van der Waals surface area contributed by atoms with Crippen LogP contribution in [0.1, 0.15) is 39.7 Å². The van der Waals surface area contributed by atoms with E-state index in [0.29, 0.717) is 12.2 Å². The van der Waals surface area contributed by atoms with Gasteiger partial charge in [-0.25, -0.2) is 4.79 Å². The van der Waals surface area contributed by atoms with Crippen molar-refractivity contribution in [1.29, 1.82) is 0 Å². The molecule has 1 amide bonds. The fourth-order valence-electron chi connectivity index (χ4n) is 2.17. The van der Waals surface area contributed by atoms with Gasteiger partial charge in [-0.15, -0.1) is 0 Å². The fourth-order valence-corrected chi connectivity index (χ4v) is 2.17. The van der Waals surface area contributed by atoms with Crippen LogP contribution >= 0.6 is 0 Å². The largest absolute Gasteiger partial charge is 0.480 e. The fraction of sp³-hybridized carbons (Fsp3) is 0.556. The van der Waals surface area contributed by atoms with Gasteiger partial charge in [0.15, 0.2) is 6.10 Å². The summed E-state index contributed by atoms with van der Waals surface area (Å²) in [6, 6.07) is 6.52. The van der Waals surface area contributed by atoms with Crippen LogP contribution in [0.4, 0.5) is 0 Å². The van der Waals surface area contributed by atoms with E-state index < -0.39 is 24.0 Å². The zero-order chi connectivity index (χ0) is 17.6. The number of carbonyl (C=O) groups excluding carboxylic acids is 1. The lowest BCUT2D eigenvalue weighted by atomic mass is 9.98. The smallest absolute Gasteiger partial charge is 0.326 e. The van der Waals surface area contributed by atoms with Crippen LogP contribution in [0.3, 0.4) is 0 Å².